The van der Waals surface area contributed by atoms with Gasteiger partial charge < -0.3 is 14.8 Å². The number of amides is 2. The number of likely N-dealkylation sites (tertiary alicyclic amines) is 1. The van der Waals surface area contributed by atoms with Crippen molar-refractivity contribution in [1.82, 2.24) is 25.0 Å². The van der Waals surface area contributed by atoms with E-state index in [4.69, 9.17) is 0 Å². The summed E-state index contributed by atoms with van der Waals surface area (Å²) in [4.78, 5) is 25.1. The molecule has 1 aliphatic carbocycles. The molecule has 7 nitrogen and oxygen atoms in total. The summed E-state index contributed by atoms with van der Waals surface area (Å²) in [6, 6.07) is 0.528. The van der Waals surface area contributed by atoms with Crippen LogP contribution in [-0.4, -0.2) is 57.4 Å². The van der Waals surface area contributed by atoms with Crippen molar-refractivity contribution in [2.24, 2.45) is 5.92 Å². The molecule has 2 aliphatic rings. The van der Waals surface area contributed by atoms with Crippen molar-refractivity contribution in [3.63, 3.8) is 0 Å². The molecule has 1 saturated heterocycles. The molecule has 8 heteroatoms. The van der Waals surface area contributed by atoms with Crippen molar-refractivity contribution in [3.8, 4) is 0 Å². The SMILES string of the molecule is C=CC(=O)N1CC(C(=O)NCCCc2nnc(SC)n2C2CCCC2)C1. The standard InChI is InChI=1S/C18H27N5O2S/c1-3-16(24)22-11-13(12-22)17(25)19-10-6-9-15-20-21-18(26-2)23(15)14-7-4-5-8-14/h3,13-14H,1,4-12H2,2H3,(H,19,25). The van der Waals surface area contributed by atoms with Crippen molar-refractivity contribution in [1.29, 1.82) is 0 Å². The third-order valence-corrected chi connectivity index (χ3v) is 5.87. The van der Waals surface area contributed by atoms with Gasteiger partial charge in [-0.05, 0) is 31.6 Å². The number of aryl methyl sites for hydroxylation is 1. The highest BCUT2D eigenvalue weighted by molar-refractivity contribution is 7.98. The zero-order chi connectivity index (χ0) is 18.5. The topological polar surface area (TPSA) is 80.1 Å². The molecule has 0 unspecified atom stereocenters. The van der Waals surface area contributed by atoms with Crippen LogP contribution >= 0.6 is 11.8 Å². The van der Waals surface area contributed by atoms with Crippen LogP contribution in [0.1, 0.15) is 44.0 Å². The van der Waals surface area contributed by atoms with Gasteiger partial charge in [-0.15, -0.1) is 10.2 Å². The molecule has 0 spiro atoms. The predicted molar refractivity (Wildman–Crippen MR) is 101 cm³/mol. The Bertz CT molecular complexity index is 663. The maximum absolute atomic E-state index is 12.1. The van der Waals surface area contributed by atoms with Gasteiger partial charge in [0.15, 0.2) is 5.16 Å². The van der Waals surface area contributed by atoms with E-state index in [0.717, 1.165) is 23.8 Å². The Hall–Kier alpha value is -1.83. The van der Waals surface area contributed by atoms with Gasteiger partial charge in [-0.25, -0.2) is 0 Å². The van der Waals surface area contributed by atoms with Gasteiger partial charge in [0.25, 0.3) is 0 Å². The Labute approximate surface area is 158 Å². The second-order valence-electron chi connectivity index (χ2n) is 6.95. The van der Waals surface area contributed by atoms with E-state index in [1.807, 2.05) is 6.26 Å². The lowest BCUT2D eigenvalue weighted by Gasteiger charge is -2.37. The molecule has 1 N–H and O–H groups in total. The average molecular weight is 378 g/mol. The maximum atomic E-state index is 12.1. The van der Waals surface area contributed by atoms with Gasteiger partial charge >= 0.3 is 0 Å². The minimum atomic E-state index is -0.107. The highest BCUT2D eigenvalue weighted by Crippen LogP contribution is 2.33. The number of nitrogens with zero attached hydrogens (tertiary/aromatic N) is 4. The van der Waals surface area contributed by atoms with Crippen molar-refractivity contribution in [2.45, 2.75) is 49.7 Å². The maximum Gasteiger partial charge on any atom is 0.246 e. The highest BCUT2D eigenvalue weighted by atomic mass is 32.2. The number of nitrogens with one attached hydrogen (secondary N) is 1. The number of hydrogen-bond donors (Lipinski definition) is 1. The number of thioether (sulfide) groups is 1. The minimum absolute atomic E-state index is 0.0279. The molecule has 2 fully saturated rings. The average Bonchev–Trinajstić information content (AvgIpc) is 3.25. The Morgan fingerprint density at radius 3 is 2.69 bits per heavy atom. The van der Waals surface area contributed by atoms with Gasteiger partial charge in [-0.3, -0.25) is 9.59 Å². The summed E-state index contributed by atoms with van der Waals surface area (Å²) >= 11 is 1.65. The van der Waals surface area contributed by atoms with Crippen LogP contribution in [0.3, 0.4) is 0 Å². The first kappa shape index (κ1) is 18.9. The molecular formula is C18H27N5O2S. The predicted octanol–water partition coefficient (Wildman–Crippen LogP) is 1.81. The Morgan fingerprint density at radius 1 is 1.31 bits per heavy atom. The fourth-order valence-electron chi connectivity index (χ4n) is 3.70. The van der Waals surface area contributed by atoms with E-state index < -0.39 is 0 Å². The summed E-state index contributed by atoms with van der Waals surface area (Å²) in [5.74, 6) is 0.858. The monoisotopic (exact) mass is 377 g/mol. The second kappa shape index (κ2) is 8.70. The fourth-order valence-corrected chi connectivity index (χ4v) is 4.28. The quantitative estimate of drug-likeness (QED) is 0.425. The third kappa shape index (κ3) is 4.11. The van der Waals surface area contributed by atoms with Gasteiger partial charge in [0, 0.05) is 32.1 Å². The fraction of sp³-hybridized carbons (Fsp3) is 0.667. The van der Waals surface area contributed by atoms with Crippen molar-refractivity contribution >= 4 is 23.6 Å². The summed E-state index contributed by atoms with van der Waals surface area (Å²) in [7, 11) is 0. The van der Waals surface area contributed by atoms with Crippen LogP contribution in [0.25, 0.3) is 0 Å². The molecule has 0 atom stereocenters. The summed E-state index contributed by atoms with van der Waals surface area (Å²) in [6.07, 6.45) is 9.95. The molecule has 3 rings (SSSR count). The van der Waals surface area contributed by atoms with Crippen LogP contribution in [0.2, 0.25) is 0 Å². The molecule has 2 heterocycles. The molecule has 1 aliphatic heterocycles. The van der Waals surface area contributed by atoms with Gasteiger partial charge in [0.2, 0.25) is 11.8 Å². The van der Waals surface area contributed by atoms with Gasteiger partial charge in [-0.2, -0.15) is 0 Å². The van der Waals surface area contributed by atoms with E-state index in [1.54, 1.807) is 16.7 Å². The van der Waals surface area contributed by atoms with E-state index >= 15 is 0 Å². The molecule has 142 valence electrons. The lowest BCUT2D eigenvalue weighted by molar-refractivity contribution is -0.139. The lowest BCUT2D eigenvalue weighted by atomic mass is 9.99. The Morgan fingerprint density at radius 2 is 2.04 bits per heavy atom. The smallest absolute Gasteiger partial charge is 0.246 e. The minimum Gasteiger partial charge on any atom is -0.356 e. The molecule has 1 saturated carbocycles. The molecule has 0 aromatic carbocycles. The molecule has 1 aromatic heterocycles. The van der Waals surface area contributed by atoms with Crippen LogP contribution in [0, 0.1) is 5.92 Å². The zero-order valence-corrected chi connectivity index (χ0v) is 16.1. The number of aromatic nitrogens is 3. The summed E-state index contributed by atoms with van der Waals surface area (Å²) in [5.41, 5.74) is 0. The third-order valence-electron chi connectivity index (χ3n) is 5.22. The highest BCUT2D eigenvalue weighted by Gasteiger charge is 2.34. The summed E-state index contributed by atoms with van der Waals surface area (Å²) < 4.78 is 2.31. The van der Waals surface area contributed by atoms with Crippen LogP contribution in [0.15, 0.2) is 17.8 Å². The first-order chi connectivity index (χ1) is 12.6. The van der Waals surface area contributed by atoms with Gasteiger partial charge in [0.05, 0.1) is 5.92 Å². The number of hydrogen-bond acceptors (Lipinski definition) is 5. The second-order valence-corrected chi connectivity index (χ2v) is 7.72. The molecule has 26 heavy (non-hydrogen) atoms. The normalized spacial score (nSPS) is 18.0. The molecule has 1 aromatic rings. The van der Waals surface area contributed by atoms with Gasteiger partial charge in [-0.1, -0.05) is 31.2 Å². The zero-order valence-electron chi connectivity index (χ0n) is 15.3. The molecule has 0 bridgehead atoms. The van der Waals surface area contributed by atoms with Gasteiger partial charge in [0.1, 0.15) is 5.82 Å². The number of rotatable bonds is 8. The first-order valence-corrected chi connectivity index (χ1v) is 10.5. The van der Waals surface area contributed by atoms with E-state index in [-0.39, 0.29) is 17.7 Å². The van der Waals surface area contributed by atoms with Crippen LogP contribution < -0.4 is 5.32 Å². The van der Waals surface area contributed by atoms with E-state index in [0.29, 0.717) is 25.7 Å². The van der Waals surface area contributed by atoms with E-state index in [2.05, 4.69) is 26.7 Å². The molecular weight excluding hydrogens is 350 g/mol. The summed E-state index contributed by atoms with van der Waals surface area (Å²) in [6.45, 7) is 5.06. The van der Waals surface area contributed by atoms with Crippen LogP contribution in [0.5, 0.6) is 0 Å². The van der Waals surface area contributed by atoms with Crippen LogP contribution in [-0.2, 0) is 16.0 Å². The van der Waals surface area contributed by atoms with E-state index in [1.165, 1.54) is 31.8 Å². The molecule has 2 amide bonds. The van der Waals surface area contributed by atoms with Crippen molar-refractivity contribution in [2.75, 3.05) is 25.9 Å². The Balaban J connectivity index is 1.43. The largest absolute Gasteiger partial charge is 0.356 e. The Kier molecular flexibility index (Phi) is 6.34. The van der Waals surface area contributed by atoms with Crippen molar-refractivity contribution < 1.29 is 9.59 Å². The van der Waals surface area contributed by atoms with E-state index in [9.17, 15) is 9.59 Å². The lowest BCUT2D eigenvalue weighted by Crippen LogP contribution is -2.55. The van der Waals surface area contributed by atoms with Crippen LogP contribution in [0.4, 0.5) is 0 Å². The van der Waals surface area contributed by atoms with Crippen molar-refractivity contribution in [3.05, 3.63) is 18.5 Å². The number of carbonyl (C=O) groups is 2. The molecule has 0 radical (unpaired) electrons. The first-order valence-electron chi connectivity index (χ1n) is 9.31. The number of carbonyl (C=O) groups excluding carboxylic acids is 2. The summed E-state index contributed by atoms with van der Waals surface area (Å²) in [5, 5.41) is 12.7.